The van der Waals surface area contributed by atoms with Crippen LogP contribution in [0.3, 0.4) is 0 Å². The van der Waals surface area contributed by atoms with Gasteiger partial charge < -0.3 is 5.21 Å². The normalized spacial score (nSPS) is 25.7. The Hall–Kier alpha value is -3.32. The Morgan fingerprint density at radius 3 is 1.91 bits per heavy atom. The van der Waals surface area contributed by atoms with Crippen molar-refractivity contribution in [1.82, 2.24) is 0 Å². The van der Waals surface area contributed by atoms with Gasteiger partial charge in [-0.05, 0) is 39.3 Å². The molecule has 6 nitrogen and oxygen atoms in total. The maximum Gasteiger partial charge on any atom is 0.238 e. The van der Waals surface area contributed by atoms with Gasteiger partial charge in [0.1, 0.15) is 5.69 Å². The van der Waals surface area contributed by atoms with Crippen molar-refractivity contribution in [1.29, 1.82) is 0 Å². The summed E-state index contributed by atoms with van der Waals surface area (Å²) in [5, 5.41) is 20.4. The zero-order valence-corrected chi connectivity index (χ0v) is 19.3. The van der Waals surface area contributed by atoms with Gasteiger partial charge >= 0.3 is 0 Å². The summed E-state index contributed by atoms with van der Waals surface area (Å²) in [6.07, 6.45) is 0. The zero-order valence-electron chi connectivity index (χ0n) is 19.3. The molecule has 0 saturated carbocycles. The van der Waals surface area contributed by atoms with E-state index in [2.05, 4.69) is 51.1 Å². The first-order valence-corrected chi connectivity index (χ1v) is 11.6. The number of anilines is 1. The lowest BCUT2D eigenvalue weighted by atomic mass is 9.54. The second kappa shape index (κ2) is 7.09. The molecule has 1 aliphatic heterocycles. The van der Waals surface area contributed by atoms with Crippen LogP contribution in [0.2, 0.25) is 0 Å². The molecule has 1 fully saturated rings. The summed E-state index contributed by atoms with van der Waals surface area (Å²) in [7, 11) is 0. The Bertz CT molecular complexity index is 1360. The minimum absolute atomic E-state index is 0.0414. The summed E-state index contributed by atoms with van der Waals surface area (Å²) in [5.41, 5.74) is 5.67. The first-order chi connectivity index (χ1) is 16.2. The predicted octanol–water partition coefficient (Wildman–Crippen LogP) is 3.78. The fourth-order valence-electron chi connectivity index (χ4n) is 6.28. The Morgan fingerprint density at radius 2 is 1.32 bits per heavy atom. The molecule has 0 aromatic heterocycles. The summed E-state index contributed by atoms with van der Waals surface area (Å²) in [4.78, 5) is 28.9. The van der Waals surface area contributed by atoms with Crippen LogP contribution >= 0.6 is 0 Å². The molecular weight excluding hydrogens is 428 g/mol. The van der Waals surface area contributed by atoms with Crippen LogP contribution in [0.5, 0.6) is 0 Å². The van der Waals surface area contributed by atoms with Crippen molar-refractivity contribution >= 4 is 23.2 Å². The Kier molecular flexibility index (Phi) is 4.43. The summed E-state index contributed by atoms with van der Waals surface area (Å²) >= 11 is 0. The summed E-state index contributed by atoms with van der Waals surface area (Å²) < 4.78 is 0. The lowest BCUT2D eigenvalue weighted by Gasteiger charge is -2.46. The molecule has 6 heteroatoms. The second-order valence-electron chi connectivity index (χ2n) is 10.6. The molecule has 3 aromatic carbocycles. The van der Waals surface area contributed by atoms with Gasteiger partial charge in [-0.3, -0.25) is 9.59 Å². The number of benzene rings is 3. The molecule has 4 aliphatic rings. The molecule has 1 heterocycles. The van der Waals surface area contributed by atoms with Crippen LogP contribution in [0.25, 0.3) is 0 Å². The van der Waals surface area contributed by atoms with E-state index in [1.807, 2.05) is 12.1 Å². The third kappa shape index (κ3) is 2.73. The standard InChI is InChI=1S/C28H26N2O4/c1-28(2,3)15-12-13-18-19(14-15)23-17-9-5-4-8-16(17)22(18)24-25(23)27(32)29(26(24)31)20-10-6-7-11-21(20)30(33)34/h4-14,22-25,30,33H,1-3H3. The van der Waals surface area contributed by atoms with E-state index in [0.29, 0.717) is 0 Å². The first kappa shape index (κ1) is 21.2. The van der Waals surface area contributed by atoms with Crippen molar-refractivity contribution in [3.05, 3.63) is 99.8 Å². The maximum absolute atomic E-state index is 13.9. The van der Waals surface area contributed by atoms with Crippen molar-refractivity contribution in [2.75, 3.05) is 4.90 Å². The average Bonchev–Trinajstić information content (AvgIpc) is 3.08. The molecular formula is C28H26N2O4. The Balaban J connectivity index is 1.56. The van der Waals surface area contributed by atoms with E-state index in [9.17, 15) is 20.0 Å². The number of amides is 2. The number of nitrogens with zero attached hydrogens (tertiary/aromatic N) is 1. The van der Waals surface area contributed by atoms with E-state index in [1.54, 1.807) is 18.2 Å². The van der Waals surface area contributed by atoms with E-state index in [-0.39, 0.29) is 40.4 Å². The highest BCUT2D eigenvalue weighted by atomic mass is 16.8. The molecule has 2 amide bonds. The molecule has 0 radical (unpaired) electrons. The van der Waals surface area contributed by atoms with Crippen molar-refractivity contribution in [2.24, 2.45) is 11.8 Å². The summed E-state index contributed by atoms with van der Waals surface area (Å²) in [6, 6.07) is 20.8. The SMILES string of the molecule is CC(C)(C)c1ccc2c(c1)C1c3ccccc3C2C2C(=O)N(c3ccccc3[NH+]([O-])O)C(=O)C12. The van der Waals surface area contributed by atoms with Gasteiger partial charge in [0.05, 0.1) is 11.8 Å². The van der Waals surface area contributed by atoms with E-state index >= 15 is 0 Å². The van der Waals surface area contributed by atoms with Gasteiger partial charge in [0.25, 0.3) is 0 Å². The highest BCUT2D eigenvalue weighted by molar-refractivity contribution is 6.24. The fraction of sp³-hybridized carbons (Fsp3) is 0.286. The minimum Gasteiger partial charge on any atom is -0.595 e. The van der Waals surface area contributed by atoms with Crippen molar-refractivity contribution in [3.63, 3.8) is 0 Å². The van der Waals surface area contributed by atoms with Gasteiger partial charge in [0.15, 0.2) is 5.69 Å². The highest BCUT2D eigenvalue weighted by Crippen LogP contribution is 2.61. The van der Waals surface area contributed by atoms with Crippen LogP contribution < -0.4 is 10.1 Å². The largest absolute Gasteiger partial charge is 0.595 e. The van der Waals surface area contributed by atoms with E-state index < -0.39 is 17.1 Å². The van der Waals surface area contributed by atoms with Crippen LogP contribution in [-0.2, 0) is 15.0 Å². The molecule has 172 valence electrons. The topological polar surface area (TPSA) is 85.1 Å². The molecule has 1 saturated heterocycles. The Labute approximate surface area is 198 Å². The number of hydrogen-bond donors (Lipinski definition) is 2. The number of nitrogens with one attached hydrogen (secondary N) is 1. The number of para-hydroxylation sites is 2. The van der Waals surface area contributed by atoms with E-state index in [4.69, 9.17) is 0 Å². The molecule has 3 aromatic rings. The van der Waals surface area contributed by atoms with Crippen molar-refractivity contribution < 1.29 is 20.0 Å². The number of carbonyl (C=O) groups is 2. The van der Waals surface area contributed by atoms with Crippen molar-refractivity contribution in [2.45, 2.75) is 38.0 Å². The number of imide groups is 1. The first-order valence-electron chi connectivity index (χ1n) is 11.6. The maximum atomic E-state index is 13.9. The number of quaternary nitrogens is 1. The fourth-order valence-corrected chi connectivity index (χ4v) is 6.28. The summed E-state index contributed by atoms with van der Waals surface area (Å²) in [6.45, 7) is 6.50. The van der Waals surface area contributed by atoms with E-state index in [0.717, 1.165) is 27.2 Å². The number of carbonyl (C=O) groups excluding carboxylic acids is 2. The van der Waals surface area contributed by atoms with Gasteiger partial charge in [-0.15, -0.1) is 0 Å². The summed E-state index contributed by atoms with van der Waals surface area (Å²) in [5.74, 6) is -2.16. The molecule has 0 spiro atoms. The Morgan fingerprint density at radius 1 is 0.794 bits per heavy atom. The minimum atomic E-state index is -1.16. The molecule has 3 aliphatic carbocycles. The van der Waals surface area contributed by atoms with Gasteiger partial charge in [-0.2, -0.15) is 5.23 Å². The quantitative estimate of drug-likeness (QED) is 0.456. The lowest BCUT2D eigenvalue weighted by molar-refractivity contribution is -0.990. The number of hydrogen-bond acceptors (Lipinski definition) is 4. The van der Waals surface area contributed by atoms with Gasteiger partial charge in [0.2, 0.25) is 11.8 Å². The molecule has 2 bridgehead atoms. The van der Waals surface area contributed by atoms with Crippen LogP contribution in [0.15, 0.2) is 66.7 Å². The molecule has 5 unspecified atom stereocenters. The van der Waals surface area contributed by atoms with Crippen LogP contribution in [0.4, 0.5) is 11.4 Å². The zero-order chi connectivity index (χ0) is 23.9. The van der Waals surface area contributed by atoms with E-state index in [1.165, 1.54) is 11.6 Å². The third-order valence-electron chi connectivity index (χ3n) is 7.78. The monoisotopic (exact) mass is 454 g/mol. The molecule has 34 heavy (non-hydrogen) atoms. The predicted molar refractivity (Wildman–Crippen MR) is 127 cm³/mol. The molecule has 5 atom stereocenters. The third-order valence-corrected chi connectivity index (χ3v) is 7.78. The van der Waals surface area contributed by atoms with Crippen LogP contribution in [0, 0.1) is 17.0 Å². The second-order valence-corrected chi connectivity index (χ2v) is 10.6. The van der Waals surface area contributed by atoms with Crippen LogP contribution in [0.1, 0.15) is 60.4 Å². The smallest absolute Gasteiger partial charge is 0.238 e. The highest BCUT2D eigenvalue weighted by Gasteiger charge is 2.62. The number of rotatable bonds is 2. The van der Waals surface area contributed by atoms with Crippen LogP contribution in [-0.4, -0.2) is 17.0 Å². The van der Waals surface area contributed by atoms with Crippen molar-refractivity contribution in [3.8, 4) is 0 Å². The van der Waals surface area contributed by atoms with Gasteiger partial charge in [-0.25, -0.2) is 10.1 Å². The average molecular weight is 455 g/mol. The molecule has 7 rings (SSSR count). The molecule has 2 N–H and O–H groups in total. The lowest BCUT2D eigenvalue weighted by Crippen LogP contribution is -2.99. The van der Waals surface area contributed by atoms with Gasteiger partial charge in [-0.1, -0.05) is 75.4 Å². The van der Waals surface area contributed by atoms with Gasteiger partial charge in [0, 0.05) is 17.9 Å².